The Hall–Kier alpha value is -2.09. The van der Waals surface area contributed by atoms with E-state index < -0.39 is 9.84 Å². The average molecular weight is 380 g/mol. The molecule has 1 heterocycles. The fraction of sp³-hybridized carbons (Fsp3) is 0.556. The largest absolute Gasteiger partial charge is 0.482 e. The van der Waals surface area contributed by atoms with E-state index in [4.69, 9.17) is 4.74 Å². The summed E-state index contributed by atoms with van der Waals surface area (Å²) in [6.07, 6.45) is 5.27. The molecule has 7 nitrogen and oxygen atoms in total. The van der Waals surface area contributed by atoms with Gasteiger partial charge in [-0.1, -0.05) is 19.3 Å². The van der Waals surface area contributed by atoms with Crippen LogP contribution < -0.4 is 15.4 Å². The maximum atomic E-state index is 12.7. The van der Waals surface area contributed by atoms with Crippen LogP contribution in [0.3, 0.4) is 0 Å². The van der Waals surface area contributed by atoms with Crippen molar-refractivity contribution in [2.24, 2.45) is 0 Å². The van der Waals surface area contributed by atoms with Crippen molar-refractivity contribution < 1.29 is 22.7 Å². The zero-order valence-electron chi connectivity index (χ0n) is 14.8. The molecular weight excluding hydrogens is 356 g/mol. The van der Waals surface area contributed by atoms with Gasteiger partial charge in [0.15, 0.2) is 16.4 Å². The highest BCUT2D eigenvalue weighted by Crippen LogP contribution is 2.33. The van der Waals surface area contributed by atoms with Crippen LogP contribution in [0.15, 0.2) is 17.0 Å². The van der Waals surface area contributed by atoms with Crippen LogP contribution in [0.1, 0.15) is 44.1 Å². The first-order chi connectivity index (χ1) is 12.3. The van der Waals surface area contributed by atoms with Crippen LogP contribution in [0.2, 0.25) is 0 Å². The Morgan fingerprint density at radius 1 is 1.27 bits per heavy atom. The number of aryl methyl sites for hydroxylation is 1. The Kier molecular flexibility index (Phi) is 5.50. The summed E-state index contributed by atoms with van der Waals surface area (Å²) in [5, 5.41) is 5.59. The van der Waals surface area contributed by atoms with Gasteiger partial charge in [0.1, 0.15) is 5.75 Å². The molecule has 0 bridgehead atoms. The van der Waals surface area contributed by atoms with Gasteiger partial charge >= 0.3 is 0 Å². The molecule has 8 heteroatoms. The second-order valence-electron chi connectivity index (χ2n) is 6.92. The minimum absolute atomic E-state index is 0.0625. The number of carbonyl (C=O) groups excluding carboxylic acids is 2. The number of fused-ring (bicyclic) bond motifs is 1. The van der Waals surface area contributed by atoms with E-state index >= 15 is 0 Å². The molecule has 0 saturated heterocycles. The minimum atomic E-state index is -3.63. The smallest absolute Gasteiger partial charge is 0.262 e. The average Bonchev–Trinajstić information content (AvgIpc) is 2.60. The number of carbonyl (C=O) groups is 2. The van der Waals surface area contributed by atoms with E-state index in [2.05, 4.69) is 10.6 Å². The van der Waals surface area contributed by atoms with Crippen LogP contribution in [-0.2, 0) is 19.4 Å². The Labute approximate surface area is 153 Å². The first kappa shape index (κ1) is 18.7. The molecule has 0 radical (unpaired) electrons. The standard InChI is InChI=1S/C18H24N2O5S/c1-12-9-14-15(25-11-18(22)20-14)10-16(12)26(23,24)8-7-17(21)19-13-5-3-2-4-6-13/h9-10,13H,2-8,11H2,1H3,(H,19,21)(H,20,22). The molecule has 1 aromatic carbocycles. The van der Waals surface area contributed by atoms with Crippen LogP contribution in [0.25, 0.3) is 0 Å². The van der Waals surface area contributed by atoms with E-state index in [-0.39, 0.29) is 41.5 Å². The highest BCUT2D eigenvalue weighted by Gasteiger charge is 2.25. The van der Waals surface area contributed by atoms with E-state index in [9.17, 15) is 18.0 Å². The lowest BCUT2D eigenvalue weighted by Crippen LogP contribution is -2.36. The van der Waals surface area contributed by atoms with Crippen molar-refractivity contribution in [1.82, 2.24) is 5.32 Å². The lowest BCUT2D eigenvalue weighted by Gasteiger charge is -2.23. The van der Waals surface area contributed by atoms with Crippen LogP contribution >= 0.6 is 0 Å². The summed E-state index contributed by atoms with van der Waals surface area (Å²) in [5.74, 6) is -0.413. The second-order valence-corrected chi connectivity index (χ2v) is 9.00. The molecule has 0 atom stereocenters. The molecule has 1 aliphatic carbocycles. The molecule has 1 fully saturated rings. The lowest BCUT2D eigenvalue weighted by molar-refractivity contribution is -0.121. The van der Waals surface area contributed by atoms with Gasteiger partial charge in [-0.2, -0.15) is 0 Å². The lowest BCUT2D eigenvalue weighted by atomic mass is 9.95. The summed E-state index contributed by atoms with van der Waals surface area (Å²) in [6.45, 7) is 1.52. The monoisotopic (exact) mass is 380 g/mol. The van der Waals surface area contributed by atoms with Crippen molar-refractivity contribution in [3.05, 3.63) is 17.7 Å². The van der Waals surface area contributed by atoms with Gasteiger partial charge in [0.2, 0.25) is 5.91 Å². The van der Waals surface area contributed by atoms with E-state index in [1.165, 1.54) is 12.5 Å². The van der Waals surface area contributed by atoms with Crippen molar-refractivity contribution in [1.29, 1.82) is 0 Å². The Bertz CT molecular complexity index is 813. The number of amides is 2. The van der Waals surface area contributed by atoms with E-state index in [0.29, 0.717) is 17.0 Å². The van der Waals surface area contributed by atoms with Crippen LogP contribution in [0, 0.1) is 6.92 Å². The van der Waals surface area contributed by atoms with Crippen molar-refractivity contribution in [3.8, 4) is 5.75 Å². The number of hydrogen-bond acceptors (Lipinski definition) is 5. The van der Waals surface area contributed by atoms with Crippen molar-refractivity contribution in [2.75, 3.05) is 17.7 Å². The number of rotatable bonds is 5. The van der Waals surface area contributed by atoms with Gasteiger partial charge in [0.05, 0.1) is 16.3 Å². The molecule has 2 aliphatic rings. The molecule has 1 aromatic rings. The summed E-state index contributed by atoms with van der Waals surface area (Å²) in [7, 11) is -3.63. The molecular formula is C18H24N2O5S. The third-order valence-electron chi connectivity index (χ3n) is 4.81. The fourth-order valence-corrected chi connectivity index (χ4v) is 4.95. The van der Waals surface area contributed by atoms with Gasteiger partial charge in [-0.05, 0) is 31.4 Å². The van der Waals surface area contributed by atoms with Gasteiger partial charge in [0, 0.05) is 18.5 Å². The molecule has 26 heavy (non-hydrogen) atoms. The van der Waals surface area contributed by atoms with Crippen molar-refractivity contribution in [3.63, 3.8) is 0 Å². The maximum Gasteiger partial charge on any atom is 0.262 e. The van der Waals surface area contributed by atoms with Gasteiger partial charge in [-0.15, -0.1) is 0 Å². The Morgan fingerprint density at radius 3 is 2.73 bits per heavy atom. The van der Waals surface area contributed by atoms with E-state index in [0.717, 1.165) is 25.7 Å². The van der Waals surface area contributed by atoms with Crippen LogP contribution in [0.5, 0.6) is 5.75 Å². The van der Waals surface area contributed by atoms with Gasteiger partial charge < -0.3 is 15.4 Å². The molecule has 2 amide bonds. The first-order valence-electron chi connectivity index (χ1n) is 8.94. The molecule has 0 unspecified atom stereocenters. The number of sulfone groups is 1. The minimum Gasteiger partial charge on any atom is -0.482 e. The molecule has 1 aliphatic heterocycles. The highest BCUT2D eigenvalue weighted by atomic mass is 32.2. The summed E-state index contributed by atoms with van der Waals surface area (Å²) in [5.41, 5.74) is 0.981. The first-order valence-corrected chi connectivity index (χ1v) is 10.6. The topological polar surface area (TPSA) is 102 Å². The molecule has 3 rings (SSSR count). The zero-order valence-corrected chi connectivity index (χ0v) is 15.7. The second kappa shape index (κ2) is 7.65. The SMILES string of the molecule is Cc1cc2c(cc1S(=O)(=O)CCC(=O)NC1CCCCC1)OCC(=O)N2. The zero-order chi connectivity index (χ0) is 18.7. The van der Waals surface area contributed by atoms with Crippen molar-refractivity contribution >= 4 is 27.3 Å². The number of ether oxygens (including phenoxy) is 1. The van der Waals surface area contributed by atoms with E-state index in [1.54, 1.807) is 13.0 Å². The number of nitrogens with one attached hydrogen (secondary N) is 2. The van der Waals surface area contributed by atoms with Crippen LogP contribution in [0.4, 0.5) is 5.69 Å². The molecule has 2 N–H and O–H groups in total. The van der Waals surface area contributed by atoms with Crippen LogP contribution in [-0.4, -0.2) is 38.6 Å². The third-order valence-corrected chi connectivity index (χ3v) is 6.66. The molecule has 142 valence electrons. The van der Waals surface area contributed by atoms with Gasteiger partial charge in [0.25, 0.3) is 5.91 Å². The Balaban J connectivity index is 1.66. The van der Waals surface area contributed by atoms with Crippen molar-refractivity contribution in [2.45, 2.75) is 56.4 Å². The summed E-state index contributed by atoms with van der Waals surface area (Å²) >= 11 is 0. The molecule has 1 saturated carbocycles. The summed E-state index contributed by atoms with van der Waals surface area (Å²) in [6, 6.07) is 3.18. The number of anilines is 1. The quantitative estimate of drug-likeness (QED) is 0.813. The van der Waals surface area contributed by atoms with Gasteiger partial charge in [-0.3, -0.25) is 9.59 Å². The third kappa shape index (κ3) is 4.35. The van der Waals surface area contributed by atoms with Gasteiger partial charge in [-0.25, -0.2) is 8.42 Å². The highest BCUT2D eigenvalue weighted by molar-refractivity contribution is 7.91. The predicted molar refractivity (Wildman–Crippen MR) is 97.0 cm³/mol. The summed E-state index contributed by atoms with van der Waals surface area (Å²) < 4.78 is 30.7. The number of benzene rings is 1. The number of hydrogen-bond donors (Lipinski definition) is 2. The Morgan fingerprint density at radius 2 is 2.00 bits per heavy atom. The fourth-order valence-electron chi connectivity index (χ4n) is 3.43. The van der Waals surface area contributed by atoms with E-state index in [1.807, 2.05) is 0 Å². The molecule has 0 spiro atoms. The predicted octanol–water partition coefficient (Wildman–Crippen LogP) is 1.94. The summed E-state index contributed by atoms with van der Waals surface area (Å²) in [4.78, 5) is 23.6. The normalized spacial score (nSPS) is 17.8. The molecule has 0 aromatic heterocycles. The maximum absolute atomic E-state index is 12.7.